The van der Waals surface area contributed by atoms with Gasteiger partial charge in [0.15, 0.2) is 28.9 Å². The third kappa shape index (κ3) is 4.06. The van der Waals surface area contributed by atoms with E-state index in [1.807, 2.05) is 0 Å². The Balaban J connectivity index is 1.66. The number of halogens is 3. The van der Waals surface area contributed by atoms with Gasteiger partial charge in [-0.2, -0.15) is 0 Å². The monoisotopic (exact) mass is 520 g/mol. The van der Waals surface area contributed by atoms with Gasteiger partial charge in [0.25, 0.3) is 5.56 Å². The van der Waals surface area contributed by atoms with Crippen molar-refractivity contribution in [1.82, 2.24) is 9.55 Å². The molecule has 186 valence electrons. The summed E-state index contributed by atoms with van der Waals surface area (Å²) in [5, 5.41) is 10.4. The topological polar surface area (TPSA) is 120 Å². The number of carboxylic acid groups (broad SMARTS) is 1. The molecule has 13 heteroatoms. The van der Waals surface area contributed by atoms with Crippen LogP contribution >= 0.6 is 11.3 Å². The zero-order valence-corrected chi connectivity index (χ0v) is 18.9. The fourth-order valence-electron chi connectivity index (χ4n) is 3.79. The third-order valence-electron chi connectivity index (χ3n) is 5.36. The fourth-order valence-corrected chi connectivity index (χ4v) is 4.62. The van der Waals surface area contributed by atoms with Crippen molar-refractivity contribution < 1.29 is 37.3 Å². The van der Waals surface area contributed by atoms with Crippen LogP contribution in [-0.2, 0) is 6.61 Å². The van der Waals surface area contributed by atoms with E-state index in [2.05, 4.69) is 4.98 Å². The molecule has 36 heavy (non-hydrogen) atoms. The van der Waals surface area contributed by atoms with Gasteiger partial charge in [-0.25, -0.2) is 27.3 Å². The number of hydrogen-bond donors (Lipinski definition) is 2. The summed E-state index contributed by atoms with van der Waals surface area (Å²) in [5.74, 6) is -4.61. The Morgan fingerprint density at radius 3 is 2.53 bits per heavy atom. The second kappa shape index (κ2) is 9.07. The molecule has 0 fully saturated rings. The highest BCUT2D eigenvalue weighted by Crippen LogP contribution is 2.34. The number of fused-ring (bicyclic) bond motifs is 3. The zero-order valence-electron chi connectivity index (χ0n) is 18.1. The lowest BCUT2D eigenvalue weighted by molar-refractivity contribution is 0.0704. The van der Waals surface area contributed by atoms with Crippen LogP contribution in [0.3, 0.4) is 0 Å². The van der Waals surface area contributed by atoms with Crippen molar-refractivity contribution in [3.63, 3.8) is 0 Å². The number of aromatic nitrogens is 2. The van der Waals surface area contributed by atoms with Crippen LogP contribution in [0.1, 0.15) is 21.7 Å². The molecule has 0 aliphatic carbocycles. The van der Waals surface area contributed by atoms with Crippen molar-refractivity contribution in [3.8, 4) is 22.9 Å². The molecule has 4 aromatic rings. The van der Waals surface area contributed by atoms with Crippen molar-refractivity contribution in [2.45, 2.75) is 13.0 Å². The van der Waals surface area contributed by atoms with Crippen molar-refractivity contribution in [3.05, 3.63) is 78.4 Å². The highest BCUT2D eigenvalue weighted by Gasteiger charge is 2.23. The van der Waals surface area contributed by atoms with Crippen molar-refractivity contribution in [1.29, 1.82) is 0 Å². The lowest BCUT2D eigenvalue weighted by Gasteiger charge is -2.15. The van der Waals surface area contributed by atoms with Gasteiger partial charge in [0.1, 0.15) is 17.3 Å². The van der Waals surface area contributed by atoms with Gasteiger partial charge >= 0.3 is 11.7 Å². The smallest absolute Gasteiger partial charge is 0.346 e. The summed E-state index contributed by atoms with van der Waals surface area (Å²) in [4.78, 5) is 39.4. The van der Waals surface area contributed by atoms with Crippen molar-refractivity contribution in [2.75, 3.05) is 13.2 Å². The van der Waals surface area contributed by atoms with E-state index in [-0.39, 0.29) is 58.2 Å². The minimum absolute atomic E-state index is 0.000429. The second-order valence-corrected chi connectivity index (χ2v) is 8.57. The number of thiophene rings is 1. The zero-order chi connectivity index (χ0) is 25.6. The summed E-state index contributed by atoms with van der Waals surface area (Å²) in [6, 6.07) is 3.61. The molecule has 2 aromatic carbocycles. The number of aromatic carboxylic acids is 1. The van der Waals surface area contributed by atoms with Gasteiger partial charge in [-0.3, -0.25) is 4.79 Å². The summed E-state index contributed by atoms with van der Waals surface area (Å²) in [6.07, 6.45) is 0.269. The first-order valence-electron chi connectivity index (χ1n) is 10.4. The molecule has 0 bridgehead atoms. The van der Waals surface area contributed by atoms with E-state index < -0.39 is 47.0 Å². The minimum Gasteiger partial charge on any atom is -0.490 e. The first kappa shape index (κ1) is 23.5. The Morgan fingerprint density at radius 2 is 1.75 bits per heavy atom. The SMILES string of the molecule is O=C(O)c1scc2[nH]c(=O)n(-c3cc4c(cc3F)OCCCOc3c(F)cc(F)cc3CO4)c(=O)c12. The van der Waals surface area contributed by atoms with E-state index in [9.17, 15) is 28.3 Å². The Labute approximate surface area is 202 Å². The van der Waals surface area contributed by atoms with Gasteiger partial charge in [-0.15, -0.1) is 11.3 Å². The standard InChI is InChI=1S/C23H15F3N2O7S/c24-11-4-10-8-35-17-7-15(12(25)6-16(17)33-2-1-3-34-19(10)13(26)5-11)28-21(29)18-14(27-23(28)32)9-36-20(18)22(30)31/h4-7,9H,1-3,8H2,(H,27,32)(H,30,31). The molecule has 1 aliphatic rings. The first-order valence-corrected chi connectivity index (χ1v) is 11.3. The lowest BCUT2D eigenvalue weighted by Crippen LogP contribution is -2.34. The predicted octanol–water partition coefficient (Wildman–Crippen LogP) is 3.60. The second-order valence-electron chi connectivity index (χ2n) is 7.69. The van der Waals surface area contributed by atoms with Crippen molar-refractivity contribution >= 4 is 28.2 Å². The maximum absolute atomic E-state index is 15.2. The predicted molar refractivity (Wildman–Crippen MR) is 121 cm³/mol. The quantitative estimate of drug-likeness (QED) is 0.415. The van der Waals surface area contributed by atoms with E-state index in [1.165, 1.54) is 5.38 Å². The molecule has 0 amide bonds. The van der Waals surface area contributed by atoms with E-state index >= 15 is 4.39 Å². The van der Waals surface area contributed by atoms with E-state index in [1.54, 1.807) is 0 Å². The van der Waals surface area contributed by atoms with Crippen LogP contribution in [0.15, 0.2) is 39.2 Å². The summed E-state index contributed by atoms with van der Waals surface area (Å²) >= 11 is 0.737. The molecule has 1 aliphatic heterocycles. The number of H-pyrrole nitrogens is 1. The molecule has 0 spiro atoms. The molecule has 9 nitrogen and oxygen atoms in total. The Morgan fingerprint density at radius 1 is 1.00 bits per heavy atom. The van der Waals surface area contributed by atoms with Crippen LogP contribution in [0, 0.1) is 17.5 Å². The number of nitrogens with zero attached hydrogens (tertiary/aromatic N) is 1. The highest BCUT2D eigenvalue weighted by atomic mass is 32.1. The van der Waals surface area contributed by atoms with Gasteiger partial charge in [0.05, 0.1) is 29.8 Å². The summed E-state index contributed by atoms with van der Waals surface area (Å²) < 4.78 is 60.3. The van der Waals surface area contributed by atoms with Gasteiger partial charge in [-0.05, 0) is 6.07 Å². The number of benzene rings is 2. The number of rotatable bonds is 2. The number of nitrogens with one attached hydrogen (secondary N) is 1. The molecule has 5 rings (SSSR count). The lowest BCUT2D eigenvalue weighted by atomic mass is 10.2. The van der Waals surface area contributed by atoms with Crippen LogP contribution in [0.5, 0.6) is 17.2 Å². The molecular weight excluding hydrogens is 505 g/mol. The molecule has 0 saturated carbocycles. The maximum atomic E-state index is 15.2. The number of hydrogen-bond acceptors (Lipinski definition) is 7. The summed E-state index contributed by atoms with van der Waals surface area (Å²) in [5.41, 5.74) is -2.57. The molecule has 0 unspecified atom stereocenters. The molecule has 2 aromatic heterocycles. The van der Waals surface area contributed by atoms with Gasteiger partial charge in [0.2, 0.25) is 0 Å². The normalized spacial score (nSPS) is 13.5. The van der Waals surface area contributed by atoms with Crippen LogP contribution in [-0.4, -0.2) is 33.8 Å². The largest absolute Gasteiger partial charge is 0.490 e. The number of ether oxygens (including phenoxy) is 3. The van der Waals surface area contributed by atoms with E-state index in [4.69, 9.17) is 14.2 Å². The van der Waals surface area contributed by atoms with Crippen LogP contribution in [0.25, 0.3) is 16.6 Å². The van der Waals surface area contributed by atoms with Gasteiger partial charge in [-0.1, -0.05) is 0 Å². The molecular formula is C23H15F3N2O7S. The van der Waals surface area contributed by atoms with E-state index in [0.29, 0.717) is 10.6 Å². The fraction of sp³-hybridized carbons (Fsp3) is 0.174. The minimum atomic E-state index is -1.38. The Bertz CT molecular complexity index is 1640. The highest BCUT2D eigenvalue weighted by molar-refractivity contribution is 7.13. The number of carboxylic acids is 1. The van der Waals surface area contributed by atoms with Gasteiger partial charge in [0, 0.05) is 35.6 Å². The van der Waals surface area contributed by atoms with Crippen LogP contribution in [0.2, 0.25) is 0 Å². The third-order valence-corrected chi connectivity index (χ3v) is 6.33. The first-order chi connectivity index (χ1) is 17.2. The number of aromatic amines is 1. The summed E-state index contributed by atoms with van der Waals surface area (Å²) in [7, 11) is 0. The molecule has 2 N–H and O–H groups in total. The van der Waals surface area contributed by atoms with Crippen molar-refractivity contribution in [2.24, 2.45) is 0 Å². The molecule has 0 atom stereocenters. The number of carbonyl (C=O) groups is 1. The molecule has 0 radical (unpaired) electrons. The van der Waals surface area contributed by atoms with Crippen LogP contribution < -0.4 is 25.5 Å². The summed E-state index contributed by atoms with van der Waals surface area (Å²) in [6.45, 7) is -0.358. The van der Waals surface area contributed by atoms with Crippen LogP contribution in [0.4, 0.5) is 13.2 Å². The average molecular weight is 520 g/mol. The van der Waals surface area contributed by atoms with E-state index in [0.717, 1.165) is 29.5 Å². The van der Waals surface area contributed by atoms with Gasteiger partial charge < -0.3 is 24.3 Å². The maximum Gasteiger partial charge on any atom is 0.346 e. The average Bonchev–Trinajstić information content (AvgIpc) is 3.23. The molecule has 3 heterocycles. The Hall–Kier alpha value is -4.26. The molecule has 0 saturated heterocycles. The Kier molecular flexibility index (Phi) is 5.92.